The number of rotatable bonds is 5. The van der Waals surface area contributed by atoms with E-state index >= 15 is 0 Å². The molecule has 1 aliphatic heterocycles. The van der Waals surface area contributed by atoms with Gasteiger partial charge in [0.2, 0.25) is 0 Å². The lowest BCUT2D eigenvalue weighted by Gasteiger charge is -2.12. The van der Waals surface area contributed by atoms with Gasteiger partial charge in [-0.15, -0.1) is 0 Å². The second kappa shape index (κ2) is 5.76. The van der Waals surface area contributed by atoms with Crippen LogP contribution in [-0.2, 0) is 17.8 Å². The minimum absolute atomic E-state index is 0.400. The lowest BCUT2D eigenvalue weighted by Crippen LogP contribution is -2.14. The molecule has 1 fully saturated rings. The molecule has 1 aliphatic rings. The summed E-state index contributed by atoms with van der Waals surface area (Å²) in [6.07, 6.45) is 4.98. The molecule has 0 bridgehead atoms. The second-order valence-corrected chi connectivity index (χ2v) is 5.28. The standard InChI is InChI=1S/C16H22N2O/c1-2-17-11-13-5-6-16-14(10-13)7-8-18(16)12-15-4-3-9-19-15/h5-8,10,15,17H,2-4,9,11-12H2,1H3. The van der Waals surface area contributed by atoms with Gasteiger partial charge in [0.05, 0.1) is 6.10 Å². The summed E-state index contributed by atoms with van der Waals surface area (Å²) in [5.41, 5.74) is 2.67. The summed E-state index contributed by atoms with van der Waals surface area (Å²) in [4.78, 5) is 0. The Morgan fingerprint density at radius 3 is 3.11 bits per heavy atom. The molecular weight excluding hydrogens is 236 g/mol. The third kappa shape index (κ3) is 2.82. The van der Waals surface area contributed by atoms with E-state index in [4.69, 9.17) is 4.74 Å². The van der Waals surface area contributed by atoms with Crippen LogP contribution in [0.1, 0.15) is 25.3 Å². The zero-order chi connectivity index (χ0) is 13.1. The molecule has 1 unspecified atom stereocenters. The van der Waals surface area contributed by atoms with Crippen LogP contribution in [0.3, 0.4) is 0 Å². The van der Waals surface area contributed by atoms with Crippen molar-refractivity contribution in [1.29, 1.82) is 0 Å². The van der Waals surface area contributed by atoms with Gasteiger partial charge in [0.25, 0.3) is 0 Å². The highest BCUT2D eigenvalue weighted by molar-refractivity contribution is 5.80. The maximum atomic E-state index is 5.72. The molecule has 3 rings (SSSR count). The van der Waals surface area contributed by atoms with Gasteiger partial charge < -0.3 is 14.6 Å². The Labute approximate surface area is 114 Å². The molecular formula is C16H22N2O. The average molecular weight is 258 g/mol. The normalized spacial score (nSPS) is 19.3. The minimum atomic E-state index is 0.400. The van der Waals surface area contributed by atoms with E-state index in [2.05, 4.69) is 47.3 Å². The van der Waals surface area contributed by atoms with Gasteiger partial charge in [-0.05, 0) is 48.5 Å². The van der Waals surface area contributed by atoms with Crippen LogP contribution in [0.5, 0.6) is 0 Å². The summed E-state index contributed by atoms with van der Waals surface area (Å²) in [6, 6.07) is 8.94. The second-order valence-electron chi connectivity index (χ2n) is 5.28. The van der Waals surface area contributed by atoms with E-state index in [1.807, 2.05) is 0 Å². The van der Waals surface area contributed by atoms with Gasteiger partial charge >= 0.3 is 0 Å². The lowest BCUT2D eigenvalue weighted by molar-refractivity contribution is 0.0980. The molecule has 102 valence electrons. The molecule has 19 heavy (non-hydrogen) atoms. The van der Waals surface area contributed by atoms with Crippen LogP contribution in [0.15, 0.2) is 30.5 Å². The monoisotopic (exact) mass is 258 g/mol. The fourth-order valence-corrected chi connectivity index (χ4v) is 2.80. The first kappa shape index (κ1) is 12.7. The lowest BCUT2D eigenvalue weighted by atomic mass is 10.1. The predicted molar refractivity (Wildman–Crippen MR) is 78.3 cm³/mol. The quantitative estimate of drug-likeness (QED) is 0.892. The van der Waals surface area contributed by atoms with Gasteiger partial charge in [-0.25, -0.2) is 0 Å². The first-order chi connectivity index (χ1) is 9.36. The summed E-state index contributed by atoms with van der Waals surface area (Å²) in [7, 11) is 0. The SMILES string of the molecule is CCNCc1ccc2c(ccn2CC2CCCO2)c1. The Hall–Kier alpha value is -1.32. The van der Waals surface area contributed by atoms with Crippen molar-refractivity contribution in [3.8, 4) is 0 Å². The van der Waals surface area contributed by atoms with E-state index in [1.54, 1.807) is 0 Å². The van der Waals surface area contributed by atoms with E-state index in [-0.39, 0.29) is 0 Å². The molecule has 0 aliphatic carbocycles. The number of fused-ring (bicyclic) bond motifs is 1. The Bertz CT molecular complexity index is 541. The van der Waals surface area contributed by atoms with Crippen molar-refractivity contribution in [2.45, 2.75) is 39.0 Å². The zero-order valence-corrected chi connectivity index (χ0v) is 11.6. The molecule has 1 saturated heterocycles. The highest BCUT2D eigenvalue weighted by atomic mass is 16.5. The summed E-state index contributed by atoms with van der Waals surface area (Å²) in [5.74, 6) is 0. The Morgan fingerprint density at radius 1 is 1.37 bits per heavy atom. The number of nitrogens with zero attached hydrogens (tertiary/aromatic N) is 1. The van der Waals surface area contributed by atoms with Gasteiger partial charge in [0.15, 0.2) is 0 Å². The van der Waals surface area contributed by atoms with E-state index in [0.717, 1.165) is 26.2 Å². The van der Waals surface area contributed by atoms with E-state index < -0.39 is 0 Å². The average Bonchev–Trinajstić information content (AvgIpc) is 3.07. The first-order valence-electron chi connectivity index (χ1n) is 7.27. The third-order valence-corrected chi connectivity index (χ3v) is 3.84. The zero-order valence-electron chi connectivity index (χ0n) is 11.6. The number of hydrogen-bond donors (Lipinski definition) is 1. The summed E-state index contributed by atoms with van der Waals surface area (Å²) in [6.45, 7) is 6.00. The molecule has 1 atom stereocenters. The summed E-state index contributed by atoms with van der Waals surface area (Å²) >= 11 is 0. The van der Waals surface area contributed by atoms with Gasteiger partial charge in [-0.2, -0.15) is 0 Å². The summed E-state index contributed by atoms with van der Waals surface area (Å²) < 4.78 is 8.04. The van der Waals surface area contributed by atoms with Crippen LogP contribution < -0.4 is 5.32 Å². The number of benzene rings is 1. The summed E-state index contributed by atoms with van der Waals surface area (Å²) in [5, 5.41) is 4.70. The van der Waals surface area contributed by atoms with Gasteiger partial charge in [-0.3, -0.25) is 0 Å². The molecule has 3 heteroatoms. The van der Waals surface area contributed by atoms with Crippen molar-refractivity contribution in [3.63, 3.8) is 0 Å². The van der Waals surface area contributed by atoms with Crippen molar-refractivity contribution in [2.75, 3.05) is 13.2 Å². The fraction of sp³-hybridized carbons (Fsp3) is 0.500. The maximum Gasteiger partial charge on any atom is 0.0754 e. The van der Waals surface area contributed by atoms with Crippen LogP contribution in [0.2, 0.25) is 0 Å². The highest BCUT2D eigenvalue weighted by Gasteiger charge is 2.16. The number of ether oxygens (including phenoxy) is 1. The highest BCUT2D eigenvalue weighted by Crippen LogP contribution is 2.21. The smallest absolute Gasteiger partial charge is 0.0754 e. The van der Waals surface area contributed by atoms with Gasteiger partial charge in [0, 0.05) is 31.4 Å². The topological polar surface area (TPSA) is 26.2 Å². The van der Waals surface area contributed by atoms with E-state index in [9.17, 15) is 0 Å². The number of aromatic nitrogens is 1. The fourth-order valence-electron chi connectivity index (χ4n) is 2.80. The van der Waals surface area contributed by atoms with Crippen LogP contribution in [0.25, 0.3) is 10.9 Å². The Kier molecular flexibility index (Phi) is 3.85. The molecule has 1 aromatic carbocycles. The Morgan fingerprint density at radius 2 is 2.32 bits per heavy atom. The maximum absolute atomic E-state index is 5.72. The molecule has 2 aromatic rings. The van der Waals surface area contributed by atoms with Gasteiger partial charge in [-0.1, -0.05) is 13.0 Å². The van der Waals surface area contributed by atoms with Crippen LogP contribution in [0, 0.1) is 0 Å². The largest absolute Gasteiger partial charge is 0.376 e. The molecule has 1 N–H and O–H groups in total. The van der Waals surface area contributed by atoms with Crippen LogP contribution in [-0.4, -0.2) is 23.8 Å². The Balaban J connectivity index is 1.78. The van der Waals surface area contributed by atoms with Crippen molar-refractivity contribution < 1.29 is 4.74 Å². The van der Waals surface area contributed by atoms with Crippen molar-refractivity contribution in [2.24, 2.45) is 0 Å². The molecule has 0 amide bonds. The third-order valence-electron chi connectivity index (χ3n) is 3.84. The number of nitrogens with one attached hydrogen (secondary N) is 1. The van der Waals surface area contributed by atoms with Crippen molar-refractivity contribution in [1.82, 2.24) is 9.88 Å². The van der Waals surface area contributed by atoms with Gasteiger partial charge in [0.1, 0.15) is 0 Å². The van der Waals surface area contributed by atoms with E-state index in [0.29, 0.717) is 6.10 Å². The van der Waals surface area contributed by atoms with Crippen molar-refractivity contribution >= 4 is 10.9 Å². The number of hydrogen-bond acceptors (Lipinski definition) is 2. The molecule has 1 aromatic heterocycles. The minimum Gasteiger partial charge on any atom is -0.376 e. The predicted octanol–water partition coefficient (Wildman–Crippen LogP) is 2.93. The first-order valence-corrected chi connectivity index (χ1v) is 7.27. The molecule has 0 saturated carbocycles. The van der Waals surface area contributed by atoms with Crippen LogP contribution in [0.4, 0.5) is 0 Å². The molecule has 0 radical (unpaired) electrons. The molecule has 3 nitrogen and oxygen atoms in total. The van der Waals surface area contributed by atoms with Crippen LogP contribution >= 0.6 is 0 Å². The van der Waals surface area contributed by atoms with E-state index in [1.165, 1.54) is 29.3 Å². The van der Waals surface area contributed by atoms with Crippen molar-refractivity contribution in [3.05, 3.63) is 36.0 Å². The molecule has 0 spiro atoms. The molecule has 2 heterocycles.